The van der Waals surface area contributed by atoms with E-state index in [2.05, 4.69) is 9.47 Å². The summed E-state index contributed by atoms with van der Waals surface area (Å²) < 4.78 is 8.93. The Kier molecular flexibility index (Phi) is 4.94. The minimum atomic E-state index is -1.83. The molecule has 0 bridgehead atoms. The van der Waals surface area contributed by atoms with Gasteiger partial charge in [0, 0.05) is 0 Å². The molecule has 1 heterocycles. The highest BCUT2D eigenvalue weighted by Gasteiger charge is 2.23. The Hall–Kier alpha value is -1.17. The fourth-order valence-electron chi connectivity index (χ4n) is 0.441. The lowest BCUT2D eigenvalue weighted by molar-refractivity contribution is 0.122. The van der Waals surface area contributed by atoms with Gasteiger partial charge < -0.3 is 19.7 Å². The van der Waals surface area contributed by atoms with Gasteiger partial charge in [0.15, 0.2) is 6.10 Å². The van der Waals surface area contributed by atoms with Crippen LogP contribution < -0.4 is 0 Å². The topological polar surface area (TPSA) is 93.1 Å². The summed E-state index contributed by atoms with van der Waals surface area (Å²) in [4.78, 5) is 18.7. The summed E-state index contributed by atoms with van der Waals surface area (Å²) in [5, 5.41) is 13.9. The van der Waals surface area contributed by atoms with Crippen LogP contribution in [-0.2, 0) is 9.47 Å². The third kappa shape index (κ3) is 5.60. The Balaban J connectivity index is 0.000000261. The number of carboxylic acid groups (broad SMARTS) is 2. The van der Waals surface area contributed by atoms with E-state index in [1.165, 1.54) is 0 Å². The van der Waals surface area contributed by atoms with Crippen LogP contribution in [0, 0.1) is 0 Å². The van der Waals surface area contributed by atoms with Gasteiger partial charge in [-0.2, -0.15) is 0 Å². The maximum Gasteiger partial charge on any atom is 0.508 e. The van der Waals surface area contributed by atoms with Crippen molar-refractivity contribution in [2.24, 2.45) is 0 Å². The zero-order chi connectivity index (χ0) is 9.56. The van der Waals surface area contributed by atoms with Gasteiger partial charge in [0.25, 0.3) is 0 Å². The van der Waals surface area contributed by atoms with Crippen molar-refractivity contribution in [3.8, 4) is 0 Å². The van der Waals surface area contributed by atoms with Gasteiger partial charge in [-0.1, -0.05) is 0 Å². The molecule has 12 heavy (non-hydrogen) atoms. The Morgan fingerprint density at radius 1 is 1.67 bits per heavy atom. The van der Waals surface area contributed by atoms with Crippen LogP contribution in [0.15, 0.2) is 0 Å². The van der Waals surface area contributed by atoms with E-state index in [-0.39, 0.29) is 6.10 Å². The van der Waals surface area contributed by atoms with E-state index >= 15 is 0 Å². The maximum atomic E-state index is 10.1. The van der Waals surface area contributed by atoms with Crippen LogP contribution in [0.5, 0.6) is 0 Å². The minimum absolute atomic E-state index is 0.232. The highest BCUT2D eigenvalue weighted by Crippen LogP contribution is 2.06. The Morgan fingerprint density at radius 3 is 2.33 bits per heavy atom. The van der Waals surface area contributed by atoms with Crippen molar-refractivity contribution in [1.82, 2.24) is 0 Å². The quantitative estimate of drug-likeness (QED) is 0.482. The van der Waals surface area contributed by atoms with Gasteiger partial charge in [-0.15, -0.1) is 11.6 Å². The molecule has 0 aromatic carbocycles. The van der Waals surface area contributed by atoms with Crippen LogP contribution >= 0.6 is 11.6 Å². The van der Waals surface area contributed by atoms with Crippen LogP contribution in [-0.4, -0.2) is 41.1 Å². The summed E-state index contributed by atoms with van der Waals surface area (Å²) >= 11 is 5.32. The maximum absolute atomic E-state index is 10.1. The molecule has 0 aromatic rings. The molecule has 1 unspecified atom stereocenters. The molecule has 2 N–H and O–H groups in total. The summed E-state index contributed by atoms with van der Waals surface area (Å²) in [6.45, 7) is 0.294. The molecule has 1 atom stereocenters. The highest BCUT2D eigenvalue weighted by atomic mass is 35.5. The number of ether oxygens (including phenoxy) is 2. The van der Waals surface area contributed by atoms with Crippen LogP contribution in [0.3, 0.4) is 0 Å². The molecule has 1 fully saturated rings. The van der Waals surface area contributed by atoms with E-state index in [0.29, 0.717) is 12.5 Å². The second kappa shape index (κ2) is 5.48. The number of carbonyl (C=O) groups excluding carboxylic acids is 1. The van der Waals surface area contributed by atoms with Crippen molar-refractivity contribution in [2.45, 2.75) is 6.10 Å². The third-order valence-electron chi connectivity index (χ3n) is 0.822. The lowest BCUT2D eigenvalue weighted by Crippen LogP contribution is -2.10. The summed E-state index contributed by atoms with van der Waals surface area (Å²) in [6.07, 6.45) is -2.68. The number of alkyl halides is 1. The van der Waals surface area contributed by atoms with E-state index < -0.39 is 12.3 Å². The van der Waals surface area contributed by atoms with E-state index in [9.17, 15) is 4.79 Å². The van der Waals surface area contributed by atoms with Crippen LogP contribution in [0.4, 0.5) is 9.59 Å². The van der Waals surface area contributed by atoms with Crippen molar-refractivity contribution in [3.05, 3.63) is 0 Å². The number of carbonyl (C=O) groups is 2. The molecule has 0 aliphatic carbocycles. The van der Waals surface area contributed by atoms with Gasteiger partial charge in [-0.3, -0.25) is 0 Å². The van der Waals surface area contributed by atoms with Crippen molar-refractivity contribution >= 4 is 23.9 Å². The second-order valence-electron chi connectivity index (χ2n) is 1.74. The fraction of sp³-hybridized carbons (Fsp3) is 0.600. The second-order valence-corrected chi connectivity index (χ2v) is 2.05. The lowest BCUT2D eigenvalue weighted by atomic mass is 10.4. The van der Waals surface area contributed by atoms with Crippen LogP contribution in [0.25, 0.3) is 0 Å². The normalized spacial score (nSPS) is 20.1. The summed E-state index contributed by atoms with van der Waals surface area (Å²) in [6, 6.07) is 0. The molecule has 1 rings (SSSR count). The van der Waals surface area contributed by atoms with Gasteiger partial charge in [0.1, 0.15) is 6.61 Å². The van der Waals surface area contributed by atoms with Crippen molar-refractivity contribution in [2.75, 3.05) is 12.5 Å². The van der Waals surface area contributed by atoms with Gasteiger partial charge in [-0.05, 0) is 0 Å². The average molecular weight is 199 g/mol. The molecule has 1 saturated heterocycles. The SMILES string of the molecule is O=C(O)O.O=C1OCC(CCl)O1. The van der Waals surface area contributed by atoms with Crippen molar-refractivity contribution in [1.29, 1.82) is 0 Å². The number of halogens is 1. The van der Waals surface area contributed by atoms with Crippen molar-refractivity contribution < 1.29 is 29.3 Å². The van der Waals surface area contributed by atoms with Crippen molar-refractivity contribution in [3.63, 3.8) is 0 Å². The Labute approximate surface area is 72.6 Å². The molecular formula is C5H7ClO6. The van der Waals surface area contributed by atoms with E-state index in [1.54, 1.807) is 0 Å². The molecule has 1 aliphatic rings. The summed E-state index contributed by atoms with van der Waals surface area (Å²) in [5.41, 5.74) is 0. The predicted octanol–water partition coefficient (Wildman–Crippen LogP) is 0.983. The van der Waals surface area contributed by atoms with E-state index in [4.69, 9.17) is 26.6 Å². The first kappa shape index (κ1) is 10.8. The molecule has 0 spiro atoms. The summed E-state index contributed by atoms with van der Waals surface area (Å²) in [5.74, 6) is 0.311. The van der Waals surface area contributed by atoms with Gasteiger partial charge >= 0.3 is 12.3 Å². The molecule has 7 heteroatoms. The first-order valence-corrected chi connectivity index (χ1v) is 3.41. The number of hydrogen-bond acceptors (Lipinski definition) is 4. The van der Waals surface area contributed by atoms with E-state index in [1.807, 2.05) is 0 Å². The zero-order valence-corrected chi connectivity index (χ0v) is 6.65. The first-order chi connectivity index (χ1) is 5.56. The fourth-order valence-corrected chi connectivity index (χ4v) is 0.593. The summed E-state index contributed by atoms with van der Waals surface area (Å²) in [7, 11) is 0. The third-order valence-corrected chi connectivity index (χ3v) is 1.17. The predicted molar refractivity (Wildman–Crippen MR) is 37.6 cm³/mol. The zero-order valence-electron chi connectivity index (χ0n) is 5.90. The smallest absolute Gasteiger partial charge is 0.450 e. The van der Waals surface area contributed by atoms with Gasteiger partial charge in [0.2, 0.25) is 0 Å². The molecule has 0 amide bonds. The number of cyclic esters (lactones) is 2. The molecule has 6 nitrogen and oxygen atoms in total. The number of rotatable bonds is 1. The number of hydrogen-bond donors (Lipinski definition) is 2. The largest absolute Gasteiger partial charge is 0.508 e. The molecule has 0 radical (unpaired) electrons. The van der Waals surface area contributed by atoms with Gasteiger partial charge in [-0.25, -0.2) is 9.59 Å². The minimum Gasteiger partial charge on any atom is -0.450 e. The van der Waals surface area contributed by atoms with Gasteiger partial charge in [0.05, 0.1) is 5.88 Å². The standard InChI is InChI=1S/C4H5ClO3.CH2O3/c5-1-3-2-7-4(6)8-3;2-1(3)4/h3H,1-2H2;(H2,2,3,4). The highest BCUT2D eigenvalue weighted by molar-refractivity contribution is 6.18. The molecule has 70 valence electrons. The molecule has 1 aliphatic heterocycles. The first-order valence-electron chi connectivity index (χ1n) is 2.87. The average Bonchev–Trinajstić information content (AvgIpc) is 2.34. The van der Waals surface area contributed by atoms with E-state index in [0.717, 1.165) is 0 Å². The monoisotopic (exact) mass is 198 g/mol. The van der Waals surface area contributed by atoms with Crippen LogP contribution in [0.1, 0.15) is 0 Å². The molecular weight excluding hydrogens is 192 g/mol. The lowest BCUT2D eigenvalue weighted by Gasteiger charge is -1.95. The Bertz CT molecular complexity index is 165. The molecule has 0 saturated carbocycles. The van der Waals surface area contributed by atoms with Crippen LogP contribution in [0.2, 0.25) is 0 Å². The molecule has 0 aromatic heterocycles. The Morgan fingerprint density at radius 2 is 2.17 bits per heavy atom.